The lowest BCUT2D eigenvalue weighted by Crippen LogP contribution is -2.50. The Morgan fingerprint density at radius 1 is 1.00 bits per heavy atom. The first-order valence-corrected chi connectivity index (χ1v) is 7.39. The third-order valence-corrected chi connectivity index (χ3v) is 4.49. The number of nitrogens with zero attached hydrogens (tertiary/aromatic N) is 3. The van der Waals surface area contributed by atoms with Crippen LogP contribution >= 0.6 is 0 Å². The highest BCUT2D eigenvalue weighted by atomic mass is 16.2. The number of likely N-dealkylation sites (tertiary alicyclic amines) is 1. The van der Waals surface area contributed by atoms with Gasteiger partial charge in [-0.15, -0.1) is 0 Å². The largest absolute Gasteiger partial charge is 0.340 e. The number of piperidine rings is 1. The minimum Gasteiger partial charge on any atom is -0.340 e. The van der Waals surface area contributed by atoms with Crippen LogP contribution in [0.1, 0.15) is 34.1 Å². The number of rotatable bonds is 3. The molecule has 4 heteroatoms. The molecule has 2 heterocycles. The first-order chi connectivity index (χ1) is 8.69. The number of piperazine rings is 1. The van der Waals surface area contributed by atoms with Crippen molar-refractivity contribution in [1.29, 1.82) is 0 Å². The van der Waals surface area contributed by atoms with E-state index in [1.54, 1.807) is 6.92 Å². The van der Waals surface area contributed by atoms with E-state index in [-0.39, 0.29) is 13.3 Å². The number of carbonyl (C=O) groups is 1. The van der Waals surface area contributed by atoms with E-state index in [9.17, 15) is 4.79 Å². The predicted molar refractivity (Wildman–Crippen MR) is 80.3 cm³/mol. The fourth-order valence-electron chi connectivity index (χ4n) is 3.10. The van der Waals surface area contributed by atoms with Gasteiger partial charge in [-0.2, -0.15) is 0 Å². The van der Waals surface area contributed by atoms with Crippen LogP contribution in [0, 0.1) is 5.92 Å². The molecule has 2 aliphatic heterocycles. The van der Waals surface area contributed by atoms with Gasteiger partial charge in [0.1, 0.15) is 0 Å². The summed E-state index contributed by atoms with van der Waals surface area (Å²) in [6, 6.07) is 0. The Morgan fingerprint density at radius 2 is 1.58 bits per heavy atom. The van der Waals surface area contributed by atoms with Crippen molar-refractivity contribution in [1.82, 2.24) is 14.7 Å². The van der Waals surface area contributed by atoms with Crippen LogP contribution in [-0.2, 0) is 4.79 Å². The number of hydrogen-bond acceptors (Lipinski definition) is 3. The number of hydrogen-bond donors (Lipinski definition) is 0. The standard InChI is InChI=1S/C14H27N3O.CH4/c1-3-15-6-4-14(5-7-15)12-16-8-10-17(11-9-16)13(2)18;/h14H,3-12H2,1-2H3;1H4. The van der Waals surface area contributed by atoms with Gasteiger partial charge in [-0.05, 0) is 38.4 Å². The summed E-state index contributed by atoms with van der Waals surface area (Å²) in [6.45, 7) is 12.9. The molecule has 0 aromatic rings. The topological polar surface area (TPSA) is 26.8 Å². The molecule has 2 fully saturated rings. The highest BCUT2D eigenvalue weighted by molar-refractivity contribution is 5.73. The van der Waals surface area contributed by atoms with Gasteiger partial charge in [0.25, 0.3) is 0 Å². The van der Waals surface area contributed by atoms with Gasteiger partial charge in [0.05, 0.1) is 0 Å². The van der Waals surface area contributed by atoms with Crippen molar-refractivity contribution in [3.05, 3.63) is 0 Å². The molecular formula is C15H31N3O. The van der Waals surface area contributed by atoms with E-state index >= 15 is 0 Å². The Bertz CT molecular complexity index is 267. The molecule has 19 heavy (non-hydrogen) atoms. The lowest BCUT2D eigenvalue weighted by molar-refractivity contribution is -0.130. The molecule has 0 N–H and O–H groups in total. The van der Waals surface area contributed by atoms with Crippen molar-refractivity contribution in [3.63, 3.8) is 0 Å². The van der Waals surface area contributed by atoms with E-state index in [1.165, 1.54) is 39.0 Å². The van der Waals surface area contributed by atoms with Gasteiger partial charge >= 0.3 is 0 Å². The van der Waals surface area contributed by atoms with Crippen LogP contribution in [0.15, 0.2) is 0 Å². The Hall–Kier alpha value is -0.610. The smallest absolute Gasteiger partial charge is 0.219 e. The van der Waals surface area contributed by atoms with Crippen LogP contribution in [0.25, 0.3) is 0 Å². The Morgan fingerprint density at radius 3 is 2.05 bits per heavy atom. The number of carbonyl (C=O) groups excluding carboxylic acids is 1. The highest BCUT2D eigenvalue weighted by Crippen LogP contribution is 2.18. The molecule has 112 valence electrons. The average Bonchev–Trinajstić information content (AvgIpc) is 2.40. The number of amides is 1. The molecular weight excluding hydrogens is 238 g/mol. The summed E-state index contributed by atoms with van der Waals surface area (Å²) in [7, 11) is 0. The van der Waals surface area contributed by atoms with Crippen LogP contribution in [0.2, 0.25) is 0 Å². The molecule has 0 aliphatic carbocycles. The van der Waals surface area contributed by atoms with E-state index in [1.807, 2.05) is 4.90 Å². The Labute approximate surface area is 118 Å². The second-order valence-electron chi connectivity index (χ2n) is 5.68. The van der Waals surface area contributed by atoms with Crippen LogP contribution in [0.5, 0.6) is 0 Å². The molecule has 0 unspecified atom stereocenters. The molecule has 2 aliphatic rings. The first kappa shape index (κ1) is 16.4. The van der Waals surface area contributed by atoms with Crippen LogP contribution in [-0.4, -0.2) is 73.0 Å². The summed E-state index contributed by atoms with van der Waals surface area (Å²) in [4.78, 5) is 18.3. The van der Waals surface area contributed by atoms with Crippen LogP contribution in [0.3, 0.4) is 0 Å². The van der Waals surface area contributed by atoms with E-state index in [2.05, 4.69) is 16.7 Å². The fourth-order valence-corrected chi connectivity index (χ4v) is 3.10. The zero-order valence-corrected chi connectivity index (χ0v) is 11.9. The molecule has 0 aromatic heterocycles. The molecule has 0 saturated carbocycles. The molecule has 0 aromatic carbocycles. The van der Waals surface area contributed by atoms with Gasteiger partial charge in [-0.25, -0.2) is 0 Å². The van der Waals surface area contributed by atoms with Gasteiger partial charge in [0.2, 0.25) is 5.91 Å². The molecule has 0 radical (unpaired) electrons. The quantitative estimate of drug-likeness (QED) is 0.777. The SMILES string of the molecule is C.CCN1CCC(CN2CCN(C(C)=O)CC2)CC1. The summed E-state index contributed by atoms with van der Waals surface area (Å²) < 4.78 is 0. The third-order valence-electron chi connectivity index (χ3n) is 4.49. The zero-order chi connectivity index (χ0) is 13.0. The minimum atomic E-state index is 0. The summed E-state index contributed by atoms with van der Waals surface area (Å²) in [5, 5.41) is 0. The van der Waals surface area contributed by atoms with Crippen molar-refractivity contribution < 1.29 is 4.79 Å². The monoisotopic (exact) mass is 269 g/mol. The van der Waals surface area contributed by atoms with E-state index in [4.69, 9.17) is 0 Å². The molecule has 0 atom stereocenters. The van der Waals surface area contributed by atoms with Crippen LogP contribution in [0.4, 0.5) is 0 Å². The normalized spacial score (nSPS) is 23.2. The maximum atomic E-state index is 11.3. The van der Waals surface area contributed by atoms with E-state index in [0.29, 0.717) is 0 Å². The van der Waals surface area contributed by atoms with Crippen LogP contribution < -0.4 is 0 Å². The molecule has 1 amide bonds. The van der Waals surface area contributed by atoms with E-state index in [0.717, 1.165) is 32.1 Å². The second kappa shape index (κ2) is 7.85. The molecule has 0 spiro atoms. The van der Waals surface area contributed by atoms with Crippen molar-refractivity contribution in [2.75, 3.05) is 52.4 Å². The van der Waals surface area contributed by atoms with Crippen molar-refractivity contribution in [2.45, 2.75) is 34.1 Å². The van der Waals surface area contributed by atoms with Gasteiger partial charge in [0.15, 0.2) is 0 Å². The van der Waals surface area contributed by atoms with Crippen molar-refractivity contribution in [2.24, 2.45) is 5.92 Å². The average molecular weight is 269 g/mol. The summed E-state index contributed by atoms with van der Waals surface area (Å²) in [5.74, 6) is 1.10. The Kier molecular flexibility index (Phi) is 6.80. The summed E-state index contributed by atoms with van der Waals surface area (Å²) in [6.07, 6.45) is 2.70. The molecule has 0 bridgehead atoms. The van der Waals surface area contributed by atoms with Crippen molar-refractivity contribution >= 4 is 5.91 Å². The maximum absolute atomic E-state index is 11.3. The molecule has 2 rings (SSSR count). The van der Waals surface area contributed by atoms with E-state index < -0.39 is 0 Å². The molecule has 2 saturated heterocycles. The summed E-state index contributed by atoms with van der Waals surface area (Å²) in [5.41, 5.74) is 0. The molecule has 4 nitrogen and oxygen atoms in total. The first-order valence-electron chi connectivity index (χ1n) is 7.39. The van der Waals surface area contributed by atoms with Gasteiger partial charge < -0.3 is 9.80 Å². The summed E-state index contributed by atoms with van der Waals surface area (Å²) >= 11 is 0. The third kappa shape index (κ3) is 4.77. The second-order valence-corrected chi connectivity index (χ2v) is 5.68. The minimum absolute atomic E-state index is 0. The maximum Gasteiger partial charge on any atom is 0.219 e. The van der Waals surface area contributed by atoms with Gasteiger partial charge in [-0.1, -0.05) is 14.4 Å². The lowest BCUT2D eigenvalue weighted by atomic mass is 9.96. The zero-order valence-electron chi connectivity index (χ0n) is 11.9. The van der Waals surface area contributed by atoms with Gasteiger partial charge in [-0.3, -0.25) is 9.69 Å². The fraction of sp³-hybridized carbons (Fsp3) is 0.933. The van der Waals surface area contributed by atoms with Crippen molar-refractivity contribution in [3.8, 4) is 0 Å². The van der Waals surface area contributed by atoms with Gasteiger partial charge in [0, 0.05) is 39.6 Å². The predicted octanol–water partition coefficient (Wildman–Crippen LogP) is 1.52. The lowest BCUT2D eigenvalue weighted by Gasteiger charge is -2.38. The highest BCUT2D eigenvalue weighted by Gasteiger charge is 2.23. The Balaban J connectivity index is 0.00000180.